The Labute approximate surface area is 104 Å². The number of fused-ring (bicyclic) bond motifs is 1. The Bertz CT molecular complexity index is 468. The molecule has 0 spiro atoms. The molecule has 0 fully saturated rings. The molecular formula is C12H11ClO4. The van der Waals surface area contributed by atoms with Crippen LogP contribution < -0.4 is 9.47 Å². The SMILES string of the molecule is CCOC(=O)C=Cc1cc2c(cc1Cl)OCO2. The summed E-state index contributed by atoms with van der Waals surface area (Å²) in [7, 11) is 0. The number of carbonyl (C=O) groups excluding carboxylic acids is 1. The van der Waals surface area contributed by atoms with Crippen LogP contribution in [-0.2, 0) is 9.53 Å². The van der Waals surface area contributed by atoms with Crippen molar-refractivity contribution in [3.05, 3.63) is 28.8 Å². The standard InChI is InChI=1S/C12H11ClO4/c1-2-15-12(14)4-3-8-5-10-11(6-9(8)13)17-7-16-10/h3-6H,2,7H2,1H3. The molecule has 17 heavy (non-hydrogen) atoms. The number of ether oxygens (including phenoxy) is 3. The molecule has 0 radical (unpaired) electrons. The summed E-state index contributed by atoms with van der Waals surface area (Å²) in [6.45, 7) is 2.29. The first kappa shape index (κ1) is 11.8. The van der Waals surface area contributed by atoms with Gasteiger partial charge in [-0.3, -0.25) is 0 Å². The second-order valence-corrected chi connectivity index (χ2v) is 3.72. The second-order valence-electron chi connectivity index (χ2n) is 3.31. The number of benzene rings is 1. The maximum atomic E-state index is 11.2. The summed E-state index contributed by atoms with van der Waals surface area (Å²) in [6.07, 6.45) is 2.91. The lowest BCUT2D eigenvalue weighted by molar-refractivity contribution is -0.137. The summed E-state index contributed by atoms with van der Waals surface area (Å²) in [4.78, 5) is 11.2. The Hall–Kier alpha value is -1.68. The largest absolute Gasteiger partial charge is 0.463 e. The van der Waals surface area contributed by atoms with Crippen molar-refractivity contribution in [3.63, 3.8) is 0 Å². The first-order valence-electron chi connectivity index (χ1n) is 5.14. The predicted molar refractivity (Wildman–Crippen MR) is 63.2 cm³/mol. The van der Waals surface area contributed by atoms with E-state index in [0.29, 0.717) is 28.7 Å². The van der Waals surface area contributed by atoms with Gasteiger partial charge in [0.2, 0.25) is 6.79 Å². The van der Waals surface area contributed by atoms with Crippen LogP contribution in [0, 0.1) is 0 Å². The maximum absolute atomic E-state index is 11.2. The van der Waals surface area contributed by atoms with E-state index in [1.165, 1.54) is 6.08 Å². The van der Waals surface area contributed by atoms with Gasteiger partial charge in [-0.1, -0.05) is 11.6 Å². The molecule has 1 aromatic rings. The van der Waals surface area contributed by atoms with E-state index in [1.807, 2.05) is 0 Å². The van der Waals surface area contributed by atoms with Gasteiger partial charge in [0.15, 0.2) is 11.5 Å². The molecule has 0 unspecified atom stereocenters. The summed E-state index contributed by atoms with van der Waals surface area (Å²) in [5, 5.41) is 0.495. The molecule has 5 heteroatoms. The molecule has 4 nitrogen and oxygen atoms in total. The maximum Gasteiger partial charge on any atom is 0.330 e. The number of hydrogen-bond donors (Lipinski definition) is 0. The second kappa shape index (κ2) is 5.10. The van der Waals surface area contributed by atoms with Crippen LogP contribution >= 0.6 is 11.6 Å². The van der Waals surface area contributed by atoms with Gasteiger partial charge in [-0.05, 0) is 24.6 Å². The lowest BCUT2D eigenvalue weighted by atomic mass is 10.2. The molecule has 0 saturated carbocycles. The van der Waals surface area contributed by atoms with Crippen molar-refractivity contribution in [2.24, 2.45) is 0 Å². The minimum absolute atomic E-state index is 0.191. The first-order valence-corrected chi connectivity index (χ1v) is 5.52. The number of hydrogen-bond acceptors (Lipinski definition) is 4. The van der Waals surface area contributed by atoms with Crippen LogP contribution in [0.3, 0.4) is 0 Å². The molecule has 1 heterocycles. The fourth-order valence-corrected chi connectivity index (χ4v) is 1.63. The van der Waals surface area contributed by atoms with Crippen molar-refractivity contribution in [1.82, 2.24) is 0 Å². The highest BCUT2D eigenvalue weighted by atomic mass is 35.5. The van der Waals surface area contributed by atoms with Gasteiger partial charge in [-0.15, -0.1) is 0 Å². The zero-order valence-electron chi connectivity index (χ0n) is 9.23. The predicted octanol–water partition coefficient (Wildman–Crippen LogP) is 2.65. The van der Waals surface area contributed by atoms with Crippen molar-refractivity contribution in [3.8, 4) is 11.5 Å². The van der Waals surface area contributed by atoms with Crippen LogP contribution in [0.5, 0.6) is 11.5 Å². The average Bonchev–Trinajstić information content (AvgIpc) is 2.73. The monoisotopic (exact) mass is 254 g/mol. The van der Waals surface area contributed by atoms with Crippen molar-refractivity contribution in [2.45, 2.75) is 6.92 Å². The van der Waals surface area contributed by atoms with Crippen molar-refractivity contribution < 1.29 is 19.0 Å². The minimum atomic E-state index is -0.402. The number of carbonyl (C=O) groups is 1. The molecule has 1 aliphatic rings. The number of halogens is 1. The third kappa shape index (κ3) is 2.71. The zero-order valence-corrected chi connectivity index (χ0v) is 9.99. The minimum Gasteiger partial charge on any atom is -0.463 e. The Morgan fingerprint density at radius 1 is 1.47 bits per heavy atom. The van der Waals surface area contributed by atoms with E-state index in [4.69, 9.17) is 25.8 Å². The van der Waals surface area contributed by atoms with Crippen LogP contribution in [-0.4, -0.2) is 19.4 Å². The molecule has 0 bridgehead atoms. The number of rotatable bonds is 3. The lowest BCUT2D eigenvalue weighted by Gasteiger charge is -2.01. The molecule has 0 atom stereocenters. The molecule has 0 saturated heterocycles. The van der Waals surface area contributed by atoms with Crippen LogP contribution in [0.15, 0.2) is 18.2 Å². The van der Waals surface area contributed by atoms with Crippen molar-refractivity contribution >= 4 is 23.6 Å². The zero-order chi connectivity index (χ0) is 12.3. The third-order valence-corrected chi connectivity index (χ3v) is 2.50. The van der Waals surface area contributed by atoms with Crippen LogP contribution in [0.2, 0.25) is 5.02 Å². The smallest absolute Gasteiger partial charge is 0.330 e. The summed E-state index contributed by atoms with van der Waals surface area (Å²) in [5.41, 5.74) is 0.684. The van der Waals surface area contributed by atoms with Gasteiger partial charge in [0.25, 0.3) is 0 Å². The molecular weight excluding hydrogens is 244 g/mol. The Kier molecular flexibility index (Phi) is 3.54. The van der Waals surface area contributed by atoms with Gasteiger partial charge >= 0.3 is 5.97 Å². The molecule has 0 aromatic heterocycles. The van der Waals surface area contributed by atoms with E-state index in [2.05, 4.69) is 0 Å². The van der Waals surface area contributed by atoms with Gasteiger partial charge in [0, 0.05) is 12.1 Å². The lowest BCUT2D eigenvalue weighted by Crippen LogP contribution is -1.98. The van der Waals surface area contributed by atoms with E-state index in [1.54, 1.807) is 25.1 Å². The summed E-state index contributed by atoms with van der Waals surface area (Å²) in [5.74, 6) is 0.836. The normalized spacial score (nSPS) is 13.1. The van der Waals surface area contributed by atoms with E-state index >= 15 is 0 Å². The molecule has 0 N–H and O–H groups in total. The molecule has 2 rings (SSSR count). The Morgan fingerprint density at radius 3 is 2.88 bits per heavy atom. The molecule has 1 aromatic carbocycles. The van der Waals surface area contributed by atoms with E-state index in [0.717, 1.165) is 0 Å². The molecule has 0 amide bonds. The summed E-state index contributed by atoms with van der Waals surface area (Å²) >= 11 is 6.03. The first-order chi connectivity index (χ1) is 8.20. The van der Waals surface area contributed by atoms with Crippen LogP contribution in [0.25, 0.3) is 6.08 Å². The van der Waals surface area contributed by atoms with Crippen molar-refractivity contribution in [1.29, 1.82) is 0 Å². The third-order valence-electron chi connectivity index (χ3n) is 2.18. The number of esters is 1. The van der Waals surface area contributed by atoms with Crippen LogP contribution in [0.4, 0.5) is 0 Å². The van der Waals surface area contributed by atoms with Gasteiger partial charge in [-0.2, -0.15) is 0 Å². The Morgan fingerprint density at radius 2 is 2.18 bits per heavy atom. The molecule has 0 aliphatic carbocycles. The fraction of sp³-hybridized carbons (Fsp3) is 0.250. The van der Waals surface area contributed by atoms with E-state index in [-0.39, 0.29) is 6.79 Å². The fourth-order valence-electron chi connectivity index (χ4n) is 1.41. The van der Waals surface area contributed by atoms with Gasteiger partial charge in [-0.25, -0.2) is 4.79 Å². The van der Waals surface area contributed by atoms with Gasteiger partial charge < -0.3 is 14.2 Å². The molecule has 1 aliphatic heterocycles. The van der Waals surface area contributed by atoms with E-state index < -0.39 is 5.97 Å². The average molecular weight is 255 g/mol. The topological polar surface area (TPSA) is 44.8 Å². The molecule has 90 valence electrons. The van der Waals surface area contributed by atoms with Gasteiger partial charge in [0.05, 0.1) is 11.6 Å². The van der Waals surface area contributed by atoms with Crippen molar-refractivity contribution in [2.75, 3.05) is 13.4 Å². The quantitative estimate of drug-likeness (QED) is 0.614. The highest BCUT2D eigenvalue weighted by Crippen LogP contribution is 2.37. The Balaban J connectivity index is 2.19. The van der Waals surface area contributed by atoms with Gasteiger partial charge in [0.1, 0.15) is 0 Å². The van der Waals surface area contributed by atoms with E-state index in [9.17, 15) is 4.79 Å². The summed E-state index contributed by atoms with van der Waals surface area (Å²) in [6, 6.07) is 3.38. The summed E-state index contributed by atoms with van der Waals surface area (Å²) < 4.78 is 15.2. The highest BCUT2D eigenvalue weighted by Gasteiger charge is 2.15. The highest BCUT2D eigenvalue weighted by molar-refractivity contribution is 6.32. The van der Waals surface area contributed by atoms with Crippen LogP contribution in [0.1, 0.15) is 12.5 Å².